The number of aromatic amines is 1. The van der Waals surface area contributed by atoms with Crippen LogP contribution in [0.1, 0.15) is 17.3 Å². The monoisotopic (exact) mass is 242 g/mol. The molecule has 0 aliphatic heterocycles. The highest BCUT2D eigenvalue weighted by atomic mass is 16.5. The molecule has 0 aliphatic rings. The topological polar surface area (TPSA) is 66.7 Å². The molecule has 5 heteroatoms. The molecule has 0 fully saturated rings. The normalized spacial score (nSPS) is 11.2. The van der Waals surface area contributed by atoms with Gasteiger partial charge in [0, 0.05) is 25.2 Å². The lowest BCUT2D eigenvalue weighted by molar-refractivity contribution is 0.385. The Balaban J connectivity index is 1.62. The molecule has 0 atom stereocenters. The summed E-state index contributed by atoms with van der Waals surface area (Å²) in [5.41, 5.74) is 2.38. The number of aryl methyl sites for hydroxylation is 1. The van der Waals surface area contributed by atoms with Gasteiger partial charge in [0.15, 0.2) is 5.82 Å². The van der Waals surface area contributed by atoms with Gasteiger partial charge in [0.25, 0.3) is 0 Å². The fourth-order valence-corrected chi connectivity index (χ4v) is 1.94. The summed E-state index contributed by atoms with van der Waals surface area (Å²) in [6.45, 7) is 3.18. The van der Waals surface area contributed by atoms with Gasteiger partial charge in [0.05, 0.1) is 6.54 Å². The molecule has 0 unspecified atom stereocenters. The Morgan fingerprint density at radius 2 is 2.22 bits per heavy atom. The SMILES string of the molecule is Cc1nc(CNCc2ccc3cc[nH]c3c2)no1. The van der Waals surface area contributed by atoms with E-state index in [0.29, 0.717) is 18.3 Å². The summed E-state index contributed by atoms with van der Waals surface area (Å²) in [4.78, 5) is 7.34. The minimum absolute atomic E-state index is 0.597. The van der Waals surface area contributed by atoms with E-state index in [2.05, 4.69) is 44.7 Å². The first-order valence-corrected chi connectivity index (χ1v) is 5.87. The molecule has 2 aromatic heterocycles. The van der Waals surface area contributed by atoms with Crippen LogP contribution in [0.25, 0.3) is 10.9 Å². The van der Waals surface area contributed by atoms with Crippen molar-refractivity contribution in [1.82, 2.24) is 20.4 Å². The smallest absolute Gasteiger partial charge is 0.223 e. The Kier molecular flexibility index (Phi) is 2.82. The molecule has 0 saturated carbocycles. The van der Waals surface area contributed by atoms with Crippen molar-refractivity contribution < 1.29 is 4.52 Å². The maximum Gasteiger partial charge on any atom is 0.223 e. The van der Waals surface area contributed by atoms with Crippen LogP contribution in [-0.2, 0) is 13.1 Å². The standard InChI is InChI=1S/C13H14N4O/c1-9-16-13(17-18-9)8-14-7-10-2-3-11-4-5-15-12(11)6-10/h2-6,14-15H,7-8H2,1H3. The van der Waals surface area contributed by atoms with Crippen molar-refractivity contribution in [3.63, 3.8) is 0 Å². The molecule has 0 radical (unpaired) electrons. The molecule has 0 amide bonds. The third-order valence-electron chi connectivity index (χ3n) is 2.80. The zero-order valence-corrected chi connectivity index (χ0v) is 10.1. The summed E-state index contributed by atoms with van der Waals surface area (Å²) < 4.78 is 4.91. The van der Waals surface area contributed by atoms with Crippen LogP contribution in [0.15, 0.2) is 35.0 Å². The van der Waals surface area contributed by atoms with Gasteiger partial charge >= 0.3 is 0 Å². The summed E-state index contributed by atoms with van der Waals surface area (Å²) in [5, 5.41) is 8.35. The molecule has 0 saturated heterocycles. The highest BCUT2D eigenvalue weighted by Gasteiger charge is 2.02. The van der Waals surface area contributed by atoms with E-state index in [1.165, 1.54) is 10.9 Å². The first kappa shape index (κ1) is 11.0. The molecule has 18 heavy (non-hydrogen) atoms. The zero-order chi connectivity index (χ0) is 12.4. The van der Waals surface area contributed by atoms with Gasteiger partial charge in [-0.2, -0.15) is 4.98 Å². The average Bonchev–Trinajstić information content (AvgIpc) is 2.97. The Bertz CT molecular complexity index is 656. The second-order valence-electron chi connectivity index (χ2n) is 4.23. The van der Waals surface area contributed by atoms with Crippen LogP contribution in [0.2, 0.25) is 0 Å². The first-order chi connectivity index (χ1) is 8.81. The van der Waals surface area contributed by atoms with E-state index in [0.717, 1.165) is 12.1 Å². The largest absolute Gasteiger partial charge is 0.361 e. The fourth-order valence-electron chi connectivity index (χ4n) is 1.94. The van der Waals surface area contributed by atoms with Gasteiger partial charge in [0.2, 0.25) is 5.89 Å². The lowest BCUT2D eigenvalue weighted by Crippen LogP contribution is -2.13. The van der Waals surface area contributed by atoms with Crippen LogP contribution < -0.4 is 5.32 Å². The van der Waals surface area contributed by atoms with E-state index in [9.17, 15) is 0 Å². The third-order valence-corrected chi connectivity index (χ3v) is 2.80. The van der Waals surface area contributed by atoms with Gasteiger partial charge in [-0.3, -0.25) is 0 Å². The van der Waals surface area contributed by atoms with Crippen molar-refractivity contribution in [3.8, 4) is 0 Å². The molecular formula is C13H14N4O. The van der Waals surface area contributed by atoms with Gasteiger partial charge in [-0.05, 0) is 23.1 Å². The van der Waals surface area contributed by atoms with E-state index in [4.69, 9.17) is 4.52 Å². The summed E-state index contributed by atoms with van der Waals surface area (Å²) in [6, 6.07) is 8.43. The second kappa shape index (κ2) is 4.62. The van der Waals surface area contributed by atoms with Crippen LogP contribution in [0.5, 0.6) is 0 Å². The molecule has 0 spiro atoms. The minimum Gasteiger partial charge on any atom is -0.361 e. The summed E-state index contributed by atoms with van der Waals surface area (Å²) in [6.07, 6.45) is 1.95. The number of aromatic nitrogens is 3. The molecular weight excluding hydrogens is 228 g/mol. The average molecular weight is 242 g/mol. The van der Waals surface area contributed by atoms with Crippen molar-refractivity contribution in [2.24, 2.45) is 0 Å². The molecule has 3 rings (SSSR count). The Morgan fingerprint density at radius 1 is 1.28 bits per heavy atom. The van der Waals surface area contributed by atoms with Gasteiger partial charge in [-0.15, -0.1) is 0 Å². The van der Waals surface area contributed by atoms with Crippen LogP contribution in [0, 0.1) is 6.92 Å². The number of fused-ring (bicyclic) bond motifs is 1. The summed E-state index contributed by atoms with van der Waals surface area (Å²) in [7, 11) is 0. The number of benzene rings is 1. The number of nitrogens with one attached hydrogen (secondary N) is 2. The molecule has 2 heterocycles. The Labute approximate surface area is 104 Å². The fraction of sp³-hybridized carbons (Fsp3) is 0.231. The van der Waals surface area contributed by atoms with Crippen molar-refractivity contribution in [2.45, 2.75) is 20.0 Å². The Morgan fingerprint density at radius 3 is 3.06 bits per heavy atom. The molecule has 0 bridgehead atoms. The number of hydrogen-bond donors (Lipinski definition) is 2. The van der Waals surface area contributed by atoms with Crippen molar-refractivity contribution in [3.05, 3.63) is 47.7 Å². The predicted molar refractivity (Wildman–Crippen MR) is 67.9 cm³/mol. The van der Waals surface area contributed by atoms with E-state index in [1.807, 2.05) is 6.20 Å². The van der Waals surface area contributed by atoms with Crippen LogP contribution in [0.4, 0.5) is 0 Å². The van der Waals surface area contributed by atoms with Gasteiger partial charge < -0.3 is 14.8 Å². The Hall–Kier alpha value is -2.14. The molecule has 5 nitrogen and oxygen atoms in total. The third kappa shape index (κ3) is 2.26. The number of rotatable bonds is 4. The molecule has 0 aliphatic carbocycles. The molecule has 2 N–H and O–H groups in total. The van der Waals surface area contributed by atoms with Crippen molar-refractivity contribution in [1.29, 1.82) is 0 Å². The highest BCUT2D eigenvalue weighted by molar-refractivity contribution is 5.79. The molecule has 92 valence electrons. The van der Waals surface area contributed by atoms with E-state index >= 15 is 0 Å². The predicted octanol–water partition coefficient (Wildman–Crippen LogP) is 2.15. The van der Waals surface area contributed by atoms with E-state index in [1.54, 1.807) is 6.92 Å². The quantitative estimate of drug-likeness (QED) is 0.735. The second-order valence-corrected chi connectivity index (χ2v) is 4.23. The molecule has 3 aromatic rings. The lowest BCUT2D eigenvalue weighted by Gasteiger charge is -2.02. The lowest BCUT2D eigenvalue weighted by atomic mass is 10.1. The molecule has 1 aromatic carbocycles. The zero-order valence-electron chi connectivity index (χ0n) is 10.1. The maximum absolute atomic E-state index is 4.91. The maximum atomic E-state index is 4.91. The van der Waals surface area contributed by atoms with Crippen molar-refractivity contribution >= 4 is 10.9 Å². The number of hydrogen-bond acceptors (Lipinski definition) is 4. The first-order valence-electron chi connectivity index (χ1n) is 5.87. The van der Waals surface area contributed by atoms with E-state index in [-0.39, 0.29) is 0 Å². The van der Waals surface area contributed by atoms with E-state index < -0.39 is 0 Å². The highest BCUT2D eigenvalue weighted by Crippen LogP contribution is 2.13. The van der Waals surface area contributed by atoms with Crippen LogP contribution >= 0.6 is 0 Å². The van der Waals surface area contributed by atoms with Gasteiger partial charge in [-0.1, -0.05) is 17.3 Å². The van der Waals surface area contributed by atoms with Gasteiger partial charge in [-0.25, -0.2) is 0 Å². The van der Waals surface area contributed by atoms with Crippen molar-refractivity contribution in [2.75, 3.05) is 0 Å². The number of H-pyrrole nitrogens is 1. The number of nitrogens with zero attached hydrogens (tertiary/aromatic N) is 2. The summed E-state index contributed by atoms with van der Waals surface area (Å²) >= 11 is 0. The summed E-state index contributed by atoms with van der Waals surface area (Å²) in [5.74, 6) is 1.29. The minimum atomic E-state index is 0.597. The van der Waals surface area contributed by atoms with Crippen LogP contribution in [0.3, 0.4) is 0 Å². The van der Waals surface area contributed by atoms with Gasteiger partial charge in [0.1, 0.15) is 0 Å². The van der Waals surface area contributed by atoms with Crippen LogP contribution in [-0.4, -0.2) is 15.1 Å².